The Balaban J connectivity index is 1.74. The van der Waals surface area contributed by atoms with E-state index in [-0.39, 0.29) is 58.5 Å². The SMILES string of the molecule is CC(C)(C)OCCOC1OC(COCCOC2OC(COCCOP(=O)(O)C(C)(C)C)C(O)C(O)C2O)C(O)C(O)C1N. The van der Waals surface area contributed by atoms with E-state index in [1.165, 1.54) is 0 Å². The Bertz CT molecular complexity index is 855. The molecule has 2 rings (SSSR count). The van der Waals surface area contributed by atoms with E-state index in [0.717, 1.165) is 0 Å². The standard InChI is InChI=1S/C26H52NO15P/c1-25(2,3)39-11-10-37-23-17(27)20(30)18(28)15(41-23)13-35-7-9-38-24-22(32)21(31)19(29)16(42-24)14-36-8-12-40-43(33,34)26(4,5)6/h15-24,28-32H,7-14,27H2,1-6H3,(H,33,34). The Morgan fingerprint density at radius 2 is 1.16 bits per heavy atom. The van der Waals surface area contributed by atoms with Gasteiger partial charge in [-0.15, -0.1) is 0 Å². The Morgan fingerprint density at radius 3 is 1.72 bits per heavy atom. The van der Waals surface area contributed by atoms with Crippen molar-refractivity contribution in [3.8, 4) is 0 Å². The number of aliphatic hydroxyl groups is 5. The number of aliphatic hydroxyl groups excluding tert-OH is 5. The van der Waals surface area contributed by atoms with Crippen molar-refractivity contribution < 1.29 is 72.7 Å². The summed E-state index contributed by atoms with van der Waals surface area (Å²) in [5.41, 5.74) is 5.60. The van der Waals surface area contributed by atoms with Gasteiger partial charge in [-0.05, 0) is 41.5 Å². The lowest BCUT2D eigenvalue weighted by molar-refractivity contribution is -0.305. The quantitative estimate of drug-likeness (QED) is 0.0740. The van der Waals surface area contributed by atoms with Crippen LogP contribution < -0.4 is 5.73 Å². The van der Waals surface area contributed by atoms with Crippen LogP contribution in [0.5, 0.6) is 0 Å². The van der Waals surface area contributed by atoms with Crippen LogP contribution in [-0.4, -0.2) is 155 Å². The molecule has 0 saturated carbocycles. The van der Waals surface area contributed by atoms with Gasteiger partial charge in [0.1, 0.15) is 42.7 Å². The van der Waals surface area contributed by atoms with Gasteiger partial charge in [0.15, 0.2) is 12.6 Å². The second-order valence-electron chi connectivity index (χ2n) is 12.5. The fourth-order valence-electron chi connectivity index (χ4n) is 3.98. The van der Waals surface area contributed by atoms with Crippen LogP contribution in [0.4, 0.5) is 0 Å². The molecule has 0 radical (unpaired) electrons. The van der Waals surface area contributed by atoms with E-state index in [9.17, 15) is 35.0 Å². The molecule has 17 heteroatoms. The third-order valence-electron chi connectivity index (χ3n) is 6.73. The predicted molar refractivity (Wildman–Crippen MR) is 150 cm³/mol. The molecule has 0 amide bonds. The molecule has 11 atom stereocenters. The van der Waals surface area contributed by atoms with E-state index in [1.807, 2.05) is 20.8 Å². The Labute approximate surface area is 252 Å². The summed E-state index contributed by atoms with van der Waals surface area (Å²) >= 11 is 0. The molecule has 256 valence electrons. The van der Waals surface area contributed by atoms with Gasteiger partial charge in [-0.2, -0.15) is 0 Å². The van der Waals surface area contributed by atoms with Crippen LogP contribution in [0, 0.1) is 0 Å². The number of rotatable bonds is 16. The summed E-state index contributed by atoms with van der Waals surface area (Å²) in [5.74, 6) is 0. The molecule has 43 heavy (non-hydrogen) atoms. The Kier molecular flexibility index (Phi) is 15.3. The lowest BCUT2D eigenvalue weighted by Crippen LogP contribution is -2.62. The van der Waals surface area contributed by atoms with Gasteiger partial charge in [0.2, 0.25) is 0 Å². The van der Waals surface area contributed by atoms with Crippen molar-refractivity contribution in [2.75, 3.05) is 52.9 Å². The molecule has 2 fully saturated rings. The molecule has 2 saturated heterocycles. The number of hydrogen-bond acceptors (Lipinski definition) is 15. The van der Waals surface area contributed by atoms with Crippen molar-refractivity contribution >= 4 is 7.60 Å². The highest BCUT2D eigenvalue weighted by atomic mass is 31.2. The number of nitrogens with two attached hydrogens (primary N) is 1. The van der Waals surface area contributed by atoms with Gasteiger partial charge in [0.05, 0.1) is 69.7 Å². The third-order valence-corrected chi connectivity index (χ3v) is 8.96. The van der Waals surface area contributed by atoms with Crippen LogP contribution >= 0.6 is 7.60 Å². The molecule has 0 spiro atoms. The average Bonchev–Trinajstić information content (AvgIpc) is 2.90. The van der Waals surface area contributed by atoms with E-state index in [4.69, 9.17) is 43.4 Å². The molecular formula is C26H52NO15P. The van der Waals surface area contributed by atoms with Crippen LogP contribution in [0.1, 0.15) is 41.5 Å². The summed E-state index contributed by atoms with van der Waals surface area (Å²) in [4.78, 5) is 9.92. The molecule has 0 bridgehead atoms. The zero-order valence-corrected chi connectivity index (χ0v) is 26.7. The van der Waals surface area contributed by atoms with Crippen LogP contribution in [0.2, 0.25) is 0 Å². The molecule has 2 aliphatic rings. The summed E-state index contributed by atoms with van der Waals surface area (Å²) in [6.07, 6.45) is -11.6. The smallest absolute Gasteiger partial charge is 0.333 e. The molecular weight excluding hydrogens is 597 g/mol. The van der Waals surface area contributed by atoms with Crippen molar-refractivity contribution in [2.24, 2.45) is 5.73 Å². The molecule has 0 aromatic heterocycles. The maximum Gasteiger partial charge on any atom is 0.333 e. The van der Waals surface area contributed by atoms with Gasteiger partial charge in [-0.3, -0.25) is 4.57 Å². The highest BCUT2D eigenvalue weighted by Crippen LogP contribution is 2.54. The van der Waals surface area contributed by atoms with Crippen molar-refractivity contribution in [1.82, 2.24) is 0 Å². The zero-order chi connectivity index (χ0) is 32.6. The summed E-state index contributed by atoms with van der Waals surface area (Å²) in [6, 6.07) is -0.986. The van der Waals surface area contributed by atoms with Gasteiger partial charge in [0, 0.05) is 0 Å². The van der Waals surface area contributed by atoms with Crippen molar-refractivity contribution in [3.63, 3.8) is 0 Å². The first-order chi connectivity index (χ1) is 19.9. The lowest BCUT2D eigenvalue weighted by Gasteiger charge is -2.41. The van der Waals surface area contributed by atoms with Gasteiger partial charge < -0.3 is 73.8 Å². The van der Waals surface area contributed by atoms with Gasteiger partial charge >= 0.3 is 7.60 Å². The summed E-state index contributed by atoms with van der Waals surface area (Å²) < 4.78 is 56.0. The second-order valence-corrected chi connectivity index (χ2v) is 15.1. The van der Waals surface area contributed by atoms with Gasteiger partial charge in [-0.25, -0.2) is 0 Å². The Morgan fingerprint density at radius 1 is 0.674 bits per heavy atom. The monoisotopic (exact) mass is 649 g/mol. The summed E-state index contributed by atoms with van der Waals surface area (Å²) in [5, 5.41) is 50.5. The van der Waals surface area contributed by atoms with E-state index in [1.54, 1.807) is 20.8 Å². The fraction of sp³-hybridized carbons (Fsp3) is 1.00. The van der Waals surface area contributed by atoms with E-state index in [2.05, 4.69) is 0 Å². The van der Waals surface area contributed by atoms with E-state index >= 15 is 0 Å². The molecule has 11 unspecified atom stereocenters. The van der Waals surface area contributed by atoms with E-state index in [0.29, 0.717) is 0 Å². The normalized spacial score (nSPS) is 35.6. The topological polar surface area (TPSA) is 238 Å². The molecule has 0 aliphatic carbocycles. The summed E-state index contributed by atoms with van der Waals surface area (Å²) in [7, 11) is -3.86. The van der Waals surface area contributed by atoms with E-state index < -0.39 is 74.1 Å². The molecule has 8 N–H and O–H groups in total. The molecule has 2 aliphatic heterocycles. The number of ether oxygens (including phenoxy) is 7. The summed E-state index contributed by atoms with van der Waals surface area (Å²) in [6.45, 7) is 10.1. The van der Waals surface area contributed by atoms with Crippen LogP contribution in [-0.2, 0) is 42.2 Å². The minimum atomic E-state index is -3.86. The highest BCUT2D eigenvalue weighted by Gasteiger charge is 2.45. The minimum absolute atomic E-state index is 0.0433. The van der Waals surface area contributed by atoms with Crippen LogP contribution in [0.3, 0.4) is 0 Å². The first-order valence-corrected chi connectivity index (χ1v) is 15.9. The van der Waals surface area contributed by atoms with Gasteiger partial charge in [0.25, 0.3) is 0 Å². The first kappa shape index (κ1) is 38.8. The number of hydrogen-bond donors (Lipinski definition) is 7. The van der Waals surface area contributed by atoms with Crippen LogP contribution in [0.15, 0.2) is 0 Å². The fourth-order valence-corrected chi connectivity index (χ4v) is 4.69. The molecule has 0 aromatic rings. The molecule has 2 heterocycles. The van der Waals surface area contributed by atoms with Crippen molar-refractivity contribution in [3.05, 3.63) is 0 Å². The second kappa shape index (κ2) is 17.0. The molecule has 16 nitrogen and oxygen atoms in total. The first-order valence-electron chi connectivity index (χ1n) is 14.3. The average molecular weight is 650 g/mol. The van der Waals surface area contributed by atoms with Crippen molar-refractivity contribution in [2.45, 2.75) is 114 Å². The lowest BCUT2D eigenvalue weighted by atomic mass is 9.98. The zero-order valence-electron chi connectivity index (χ0n) is 25.8. The van der Waals surface area contributed by atoms with Crippen molar-refractivity contribution in [1.29, 1.82) is 0 Å². The largest absolute Gasteiger partial charge is 0.388 e. The maximum absolute atomic E-state index is 12.1. The minimum Gasteiger partial charge on any atom is -0.388 e. The predicted octanol–water partition coefficient (Wildman–Crippen LogP) is -1.55. The Hall–Kier alpha value is -0.370. The highest BCUT2D eigenvalue weighted by molar-refractivity contribution is 7.54. The third kappa shape index (κ3) is 12.1. The molecule has 0 aromatic carbocycles. The van der Waals surface area contributed by atoms with Crippen LogP contribution in [0.25, 0.3) is 0 Å². The maximum atomic E-state index is 12.1. The van der Waals surface area contributed by atoms with Gasteiger partial charge in [-0.1, -0.05) is 0 Å².